The molecule has 3 saturated carbocycles. The lowest BCUT2D eigenvalue weighted by Gasteiger charge is -2.61. The minimum Gasteiger partial charge on any atom is -0.389 e. The van der Waals surface area contributed by atoms with Crippen LogP contribution < -0.4 is 4.90 Å². The molecule has 2 aliphatic heterocycles. The normalized spacial score (nSPS) is 31.0. The fourth-order valence-electron chi connectivity index (χ4n) is 6.38. The third kappa shape index (κ3) is 2.74. The molecule has 8 heteroatoms. The van der Waals surface area contributed by atoms with Gasteiger partial charge < -0.3 is 14.7 Å². The zero-order valence-corrected chi connectivity index (χ0v) is 18.8. The molecule has 0 amide bonds. The molecule has 0 unspecified atom stereocenters. The first-order valence-electron chi connectivity index (χ1n) is 11.8. The number of halogens is 1. The molecule has 7 nitrogen and oxygen atoms in total. The van der Waals surface area contributed by atoms with E-state index in [1.54, 1.807) is 0 Å². The summed E-state index contributed by atoms with van der Waals surface area (Å²) in [5.41, 5.74) is 2.69. The molecule has 1 aromatic carbocycles. The third-order valence-electron chi connectivity index (χ3n) is 8.60. The van der Waals surface area contributed by atoms with Gasteiger partial charge in [-0.25, -0.2) is 4.68 Å². The summed E-state index contributed by atoms with van der Waals surface area (Å²) < 4.78 is 9.66. The molecule has 1 N–H and O–H groups in total. The molecule has 1 atom stereocenters. The van der Waals surface area contributed by atoms with Gasteiger partial charge in [0.05, 0.1) is 52.6 Å². The number of aromatic nitrogens is 4. The zero-order chi connectivity index (χ0) is 21.5. The lowest BCUT2D eigenvalue weighted by Crippen LogP contribution is -2.59. The van der Waals surface area contributed by atoms with Crippen LogP contribution >= 0.6 is 11.6 Å². The van der Waals surface area contributed by atoms with Gasteiger partial charge in [-0.05, 0) is 56.6 Å². The number of rotatable bonds is 4. The van der Waals surface area contributed by atoms with E-state index >= 15 is 0 Å². The van der Waals surface area contributed by atoms with Gasteiger partial charge in [0, 0.05) is 31.0 Å². The second kappa shape index (κ2) is 6.72. The van der Waals surface area contributed by atoms with Gasteiger partial charge in [-0.15, -0.1) is 0 Å². The smallest absolute Gasteiger partial charge is 0.103 e. The van der Waals surface area contributed by atoms with Crippen LogP contribution in [-0.2, 0) is 10.3 Å². The molecule has 3 aromatic rings. The largest absolute Gasteiger partial charge is 0.389 e. The summed E-state index contributed by atoms with van der Waals surface area (Å²) in [4.78, 5) is 2.30. The third-order valence-corrected chi connectivity index (χ3v) is 8.90. The number of benzene rings is 1. The van der Waals surface area contributed by atoms with Gasteiger partial charge in [0.1, 0.15) is 5.69 Å². The summed E-state index contributed by atoms with van der Waals surface area (Å²) in [6, 6.07) is 4.15. The van der Waals surface area contributed by atoms with Crippen molar-refractivity contribution >= 4 is 28.2 Å². The fourth-order valence-corrected chi connectivity index (χ4v) is 6.67. The Morgan fingerprint density at radius 3 is 2.59 bits per heavy atom. The maximum absolute atomic E-state index is 11.2. The standard InChI is InChI=1S/C24H28ClN5O2/c25-20-7-17-12-27-30(19-13-26-29(14-19)23-9-16(10-23)11-23)21(17)8-22(20)28-4-2-24(31,3-5-28)18-1-6-32-15-18/h7-8,12-14,16,18,31H,1-6,9-11,15H2/t16?,18-,23?/m1/s1. The van der Waals surface area contributed by atoms with Crippen LogP contribution in [0.15, 0.2) is 30.7 Å². The van der Waals surface area contributed by atoms with Gasteiger partial charge >= 0.3 is 0 Å². The molecule has 8 rings (SSSR count). The van der Waals surface area contributed by atoms with Crippen molar-refractivity contribution in [1.29, 1.82) is 0 Å². The van der Waals surface area contributed by atoms with E-state index in [0.29, 0.717) is 6.61 Å². The maximum Gasteiger partial charge on any atom is 0.103 e. The van der Waals surface area contributed by atoms with Gasteiger partial charge in [-0.1, -0.05) is 11.6 Å². The van der Waals surface area contributed by atoms with Crippen LogP contribution in [0, 0.1) is 11.8 Å². The van der Waals surface area contributed by atoms with Crippen LogP contribution in [0.5, 0.6) is 0 Å². The first-order valence-corrected chi connectivity index (χ1v) is 12.2. The van der Waals surface area contributed by atoms with Crippen LogP contribution in [-0.4, -0.2) is 56.6 Å². The highest BCUT2D eigenvalue weighted by Crippen LogP contribution is 2.62. The molecule has 32 heavy (non-hydrogen) atoms. The van der Waals surface area contributed by atoms with Gasteiger partial charge in [0.15, 0.2) is 0 Å². The lowest BCUT2D eigenvalue weighted by atomic mass is 9.50. The quantitative estimate of drug-likeness (QED) is 0.651. The second-order valence-corrected chi connectivity index (χ2v) is 10.8. The average Bonchev–Trinajstić information content (AvgIpc) is 3.46. The highest BCUT2D eigenvalue weighted by Gasteiger charge is 2.58. The molecule has 3 aliphatic carbocycles. The Morgan fingerprint density at radius 2 is 1.91 bits per heavy atom. The van der Waals surface area contributed by atoms with Gasteiger partial charge in [-0.3, -0.25) is 4.68 Å². The summed E-state index contributed by atoms with van der Waals surface area (Å²) >= 11 is 6.71. The fraction of sp³-hybridized carbons (Fsp3) is 0.583. The molecule has 2 aromatic heterocycles. The van der Waals surface area contributed by atoms with E-state index in [9.17, 15) is 5.11 Å². The summed E-state index contributed by atoms with van der Waals surface area (Å²) in [5, 5.41) is 22.3. The zero-order valence-electron chi connectivity index (χ0n) is 18.1. The summed E-state index contributed by atoms with van der Waals surface area (Å²) in [6.45, 7) is 3.02. The Balaban J connectivity index is 1.17. The number of aliphatic hydroxyl groups is 1. The van der Waals surface area contributed by atoms with Crippen molar-refractivity contribution in [3.63, 3.8) is 0 Å². The number of fused-ring (bicyclic) bond motifs is 1. The van der Waals surface area contributed by atoms with Crippen molar-refractivity contribution in [1.82, 2.24) is 19.6 Å². The Labute approximate surface area is 191 Å². The number of hydrogen-bond donors (Lipinski definition) is 1. The highest BCUT2D eigenvalue weighted by atomic mass is 35.5. The van der Waals surface area contributed by atoms with Crippen LogP contribution in [0.2, 0.25) is 5.02 Å². The van der Waals surface area contributed by atoms with E-state index < -0.39 is 5.60 Å². The van der Waals surface area contributed by atoms with Crippen molar-refractivity contribution in [2.24, 2.45) is 11.8 Å². The highest BCUT2D eigenvalue weighted by molar-refractivity contribution is 6.34. The van der Waals surface area contributed by atoms with E-state index in [-0.39, 0.29) is 11.5 Å². The first kappa shape index (κ1) is 19.4. The van der Waals surface area contributed by atoms with E-state index in [0.717, 1.165) is 72.2 Å². The minimum absolute atomic E-state index is 0.252. The van der Waals surface area contributed by atoms with Crippen LogP contribution in [0.4, 0.5) is 5.69 Å². The number of anilines is 1. The second-order valence-electron chi connectivity index (χ2n) is 10.4. The van der Waals surface area contributed by atoms with Gasteiger partial charge in [0.25, 0.3) is 0 Å². The monoisotopic (exact) mass is 453 g/mol. The summed E-state index contributed by atoms with van der Waals surface area (Å²) in [5.74, 6) is 1.17. The maximum atomic E-state index is 11.2. The van der Waals surface area contributed by atoms with Crippen molar-refractivity contribution in [3.8, 4) is 5.69 Å². The number of hydrogen-bond acceptors (Lipinski definition) is 5. The Morgan fingerprint density at radius 1 is 1.09 bits per heavy atom. The van der Waals surface area contributed by atoms with Crippen LogP contribution in [0.25, 0.3) is 16.6 Å². The van der Waals surface area contributed by atoms with E-state index in [1.165, 1.54) is 19.3 Å². The molecule has 2 saturated heterocycles. The van der Waals surface area contributed by atoms with Gasteiger partial charge in [0.2, 0.25) is 0 Å². The minimum atomic E-state index is -0.624. The SMILES string of the molecule is OC1([C@@H]2CCOC2)CCN(c2cc3c(cnn3-c3cnn(C45CC(C4)C5)c3)cc2Cl)CC1. The number of piperidine rings is 1. The number of nitrogens with zero attached hydrogens (tertiary/aromatic N) is 5. The predicted octanol–water partition coefficient (Wildman–Crippen LogP) is 3.75. The number of ether oxygens (including phenoxy) is 1. The Hall–Kier alpha value is -2.09. The van der Waals surface area contributed by atoms with Crippen molar-refractivity contribution in [3.05, 3.63) is 35.7 Å². The molecule has 0 spiro atoms. The van der Waals surface area contributed by atoms with Crippen molar-refractivity contribution < 1.29 is 9.84 Å². The first-order chi connectivity index (χ1) is 15.5. The molecule has 2 bridgehead atoms. The summed E-state index contributed by atoms with van der Waals surface area (Å²) in [7, 11) is 0. The molecule has 5 aliphatic rings. The van der Waals surface area contributed by atoms with Crippen LogP contribution in [0.1, 0.15) is 38.5 Å². The Kier molecular flexibility index (Phi) is 4.07. The van der Waals surface area contributed by atoms with E-state index in [1.807, 2.05) is 23.1 Å². The van der Waals surface area contributed by atoms with E-state index in [2.05, 4.69) is 32.0 Å². The molecular formula is C24H28ClN5O2. The molecule has 4 heterocycles. The lowest BCUT2D eigenvalue weighted by molar-refractivity contribution is -0.0977. The molecule has 5 fully saturated rings. The van der Waals surface area contributed by atoms with Gasteiger partial charge in [-0.2, -0.15) is 10.2 Å². The average molecular weight is 454 g/mol. The van der Waals surface area contributed by atoms with Crippen molar-refractivity contribution in [2.45, 2.75) is 49.7 Å². The topological polar surface area (TPSA) is 68.3 Å². The molecule has 168 valence electrons. The van der Waals surface area contributed by atoms with Crippen LogP contribution in [0.3, 0.4) is 0 Å². The Bertz CT molecular complexity index is 1170. The predicted molar refractivity (Wildman–Crippen MR) is 123 cm³/mol. The summed E-state index contributed by atoms with van der Waals surface area (Å²) in [6.07, 6.45) is 12.2. The molecular weight excluding hydrogens is 426 g/mol. The van der Waals surface area contributed by atoms with Crippen molar-refractivity contribution in [2.75, 3.05) is 31.2 Å². The molecule has 0 radical (unpaired) electrons. The van der Waals surface area contributed by atoms with E-state index in [4.69, 9.17) is 16.3 Å².